The van der Waals surface area contributed by atoms with Gasteiger partial charge in [0.25, 0.3) is 11.8 Å². The Balaban J connectivity index is 1.60. The molecule has 36 heavy (non-hydrogen) atoms. The number of rotatable bonds is 8. The Morgan fingerprint density at radius 3 is 1.14 bits per heavy atom. The van der Waals surface area contributed by atoms with Gasteiger partial charge in [0.2, 0.25) is 0 Å². The molecule has 0 saturated carbocycles. The average Bonchev–Trinajstić information content (AvgIpc) is 2.91. The summed E-state index contributed by atoms with van der Waals surface area (Å²) in [5.74, 6) is 1.09. The molecule has 4 N–H and O–H groups in total. The molecule has 0 saturated heterocycles. The van der Waals surface area contributed by atoms with Crippen molar-refractivity contribution in [1.82, 2.24) is 10.6 Å². The van der Waals surface area contributed by atoms with Crippen molar-refractivity contribution >= 4 is 34.9 Å². The molecule has 0 bridgehead atoms. The van der Waals surface area contributed by atoms with Crippen LogP contribution in [0.2, 0.25) is 0 Å². The fourth-order valence-corrected chi connectivity index (χ4v) is 3.56. The molecule has 3 rings (SSSR count). The van der Waals surface area contributed by atoms with Gasteiger partial charge in [0.05, 0.1) is 0 Å². The summed E-state index contributed by atoms with van der Waals surface area (Å²) in [6.45, 7) is 5.57. The lowest BCUT2D eigenvalue weighted by molar-refractivity contribution is 0.101. The fourth-order valence-electron chi connectivity index (χ4n) is 3.56. The van der Waals surface area contributed by atoms with E-state index in [1.165, 1.54) is 0 Å². The first kappa shape index (κ1) is 26.2. The molecule has 0 spiro atoms. The predicted octanol–water partition coefficient (Wildman–Crippen LogP) is 4.16. The first-order valence-corrected chi connectivity index (χ1v) is 11.8. The monoisotopic (exact) mass is 484 g/mol. The zero-order valence-electron chi connectivity index (χ0n) is 21.1. The molecule has 0 aliphatic rings. The molecule has 0 radical (unpaired) electrons. The maximum Gasteiger partial charge on any atom is 0.255 e. The molecule has 2 amide bonds. The molecule has 0 heterocycles. The standard InChI is InChI=1S/C28H32N6O2/c1-5-31-25(29-3)19-11-15-23(16-12-19)33-27(35)21-7-9-22(10-8-21)28(36)34-24-17-13-20(14-18-24)26(30-4)32-6-2/h7-18H,5-6H2,1-4H3,(H,29,31)(H,30,32)(H,33,35)(H,34,36). The van der Waals surface area contributed by atoms with Crippen molar-refractivity contribution in [3.8, 4) is 0 Å². The first-order valence-electron chi connectivity index (χ1n) is 11.8. The number of nitrogens with one attached hydrogen (secondary N) is 4. The average molecular weight is 485 g/mol. The molecule has 0 atom stereocenters. The summed E-state index contributed by atoms with van der Waals surface area (Å²) in [7, 11) is 3.47. The summed E-state index contributed by atoms with van der Waals surface area (Å²) in [6.07, 6.45) is 0. The van der Waals surface area contributed by atoms with Gasteiger partial charge in [-0.25, -0.2) is 0 Å². The van der Waals surface area contributed by atoms with Crippen LogP contribution in [0.5, 0.6) is 0 Å². The number of amides is 2. The van der Waals surface area contributed by atoms with Gasteiger partial charge in [0.1, 0.15) is 11.7 Å². The highest BCUT2D eigenvalue weighted by atomic mass is 16.2. The van der Waals surface area contributed by atoms with E-state index in [4.69, 9.17) is 0 Å². The van der Waals surface area contributed by atoms with E-state index in [1.807, 2.05) is 62.4 Å². The number of carbonyl (C=O) groups excluding carboxylic acids is 2. The van der Waals surface area contributed by atoms with Gasteiger partial charge in [-0.1, -0.05) is 0 Å². The zero-order chi connectivity index (χ0) is 25.9. The molecule has 0 aliphatic carbocycles. The number of nitrogens with zero attached hydrogens (tertiary/aromatic N) is 2. The first-order chi connectivity index (χ1) is 17.5. The van der Waals surface area contributed by atoms with E-state index in [2.05, 4.69) is 31.3 Å². The predicted molar refractivity (Wildman–Crippen MR) is 148 cm³/mol. The van der Waals surface area contributed by atoms with Crippen LogP contribution in [0.3, 0.4) is 0 Å². The molecule has 0 unspecified atom stereocenters. The fraction of sp³-hybridized carbons (Fsp3) is 0.214. The number of amidine groups is 2. The summed E-state index contributed by atoms with van der Waals surface area (Å²) in [6, 6.07) is 21.5. The van der Waals surface area contributed by atoms with Crippen LogP contribution >= 0.6 is 0 Å². The molecule has 3 aromatic rings. The molecule has 186 valence electrons. The highest BCUT2D eigenvalue weighted by molar-refractivity contribution is 6.07. The van der Waals surface area contributed by atoms with Gasteiger partial charge in [0, 0.05) is 60.8 Å². The van der Waals surface area contributed by atoms with Gasteiger partial charge < -0.3 is 21.3 Å². The van der Waals surface area contributed by atoms with E-state index < -0.39 is 0 Å². The summed E-state index contributed by atoms with van der Waals surface area (Å²) >= 11 is 0. The van der Waals surface area contributed by atoms with E-state index in [9.17, 15) is 9.59 Å². The normalized spacial score (nSPS) is 11.6. The van der Waals surface area contributed by atoms with Gasteiger partial charge in [-0.3, -0.25) is 19.6 Å². The van der Waals surface area contributed by atoms with Gasteiger partial charge in [-0.15, -0.1) is 0 Å². The molecule has 3 aromatic carbocycles. The van der Waals surface area contributed by atoms with Crippen molar-refractivity contribution < 1.29 is 9.59 Å². The van der Waals surface area contributed by atoms with Crippen molar-refractivity contribution in [3.63, 3.8) is 0 Å². The molecular weight excluding hydrogens is 452 g/mol. The molecule has 0 aliphatic heterocycles. The van der Waals surface area contributed by atoms with Crippen LogP contribution in [0, 0.1) is 0 Å². The van der Waals surface area contributed by atoms with Gasteiger partial charge in [-0.2, -0.15) is 0 Å². The third-order valence-electron chi connectivity index (χ3n) is 5.38. The Labute approximate surface area is 212 Å². The molecule has 8 heteroatoms. The third kappa shape index (κ3) is 6.79. The molecular formula is C28H32N6O2. The molecule has 8 nitrogen and oxygen atoms in total. The Bertz CT molecular complexity index is 1130. The largest absolute Gasteiger partial charge is 0.370 e. The number of anilines is 2. The summed E-state index contributed by atoms with van der Waals surface area (Å²) in [5, 5.41) is 12.2. The van der Waals surface area contributed by atoms with Gasteiger partial charge in [0.15, 0.2) is 0 Å². The Morgan fingerprint density at radius 2 is 0.861 bits per heavy atom. The topological polar surface area (TPSA) is 107 Å². The minimum atomic E-state index is -0.254. The van der Waals surface area contributed by atoms with E-state index in [0.29, 0.717) is 22.5 Å². The van der Waals surface area contributed by atoms with Crippen LogP contribution < -0.4 is 21.3 Å². The SMILES string of the molecule is CCNC(=NC)c1ccc(NC(=O)c2ccc(C(=O)Nc3ccc(C(=NC)NCC)cc3)cc2)cc1. The number of aliphatic imine (C=N–C) groups is 2. The smallest absolute Gasteiger partial charge is 0.255 e. The minimum absolute atomic E-state index is 0.254. The minimum Gasteiger partial charge on any atom is -0.370 e. The Morgan fingerprint density at radius 1 is 0.556 bits per heavy atom. The number of carbonyl (C=O) groups is 2. The van der Waals surface area contributed by atoms with Crippen LogP contribution in [-0.4, -0.2) is 50.7 Å². The quantitative estimate of drug-likeness (QED) is 0.284. The van der Waals surface area contributed by atoms with Crippen LogP contribution in [0.25, 0.3) is 0 Å². The van der Waals surface area contributed by atoms with Crippen molar-refractivity contribution in [1.29, 1.82) is 0 Å². The van der Waals surface area contributed by atoms with Crippen LogP contribution in [-0.2, 0) is 0 Å². The van der Waals surface area contributed by atoms with Crippen LogP contribution in [0.1, 0.15) is 45.7 Å². The van der Waals surface area contributed by atoms with Crippen LogP contribution in [0.15, 0.2) is 82.8 Å². The van der Waals surface area contributed by atoms with E-state index in [1.54, 1.807) is 38.4 Å². The molecule has 0 aromatic heterocycles. The Kier molecular flexibility index (Phi) is 9.33. The Hall–Kier alpha value is -4.46. The van der Waals surface area contributed by atoms with E-state index >= 15 is 0 Å². The van der Waals surface area contributed by atoms with E-state index in [-0.39, 0.29) is 11.8 Å². The second-order valence-corrected chi connectivity index (χ2v) is 7.85. The second kappa shape index (κ2) is 12.9. The number of hydrogen-bond acceptors (Lipinski definition) is 4. The highest BCUT2D eigenvalue weighted by Gasteiger charge is 2.11. The second-order valence-electron chi connectivity index (χ2n) is 7.85. The van der Waals surface area contributed by atoms with E-state index in [0.717, 1.165) is 35.9 Å². The third-order valence-corrected chi connectivity index (χ3v) is 5.38. The lowest BCUT2D eigenvalue weighted by Gasteiger charge is -2.10. The maximum atomic E-state index is 12.7. The van der Waals surface area contributed by atoms with Crippen molar-refractivity contribution in [2.45, 2.75) is 13.8 Å². The maximum absolute atomic E-state index is 12.7. The van der Waals surface area contributed by atoms with Gasteiger partial charge >= 0.3 is 0 Å². The van der Waals surface area contributed by atoms with Gasteiger partial charge in [-0.05, 0) is 86.6 Å². The zero-order valence-corrected chi connectivity index (χ0v) is 21.1. The lowest BCUT2D eigenvalue weighted by atomic mass is 10.1. The van der Waals surface area contributed by atoms with Crippen molar-refractivity contribution in [3.05, 3.63) is 95.1 Å². The summed E-state index contributed by atoms with van der Waals surface area (Å²) in [5.41, 5.74) is 4.15. The van der Waals surface area contributed by atoms with Crippen molar-refractivity contribution in [2.24, 2.45) is 9.98 Å². The summed E-state index contributed by atoms with van der Waals surface area (Å²) < 4.78 is 0. The lowest BCUT2D eigenvalue weighted by Crippen LogP contribution is -2.23. The number of hydrogen-bond donors (Lipinski definition) is 4. The number of benzene rings is 3. The summed E-state index contributed by atoms with van der Waals surface area (Å²) in [4.78, 5) is 33.8. The van der Waals surface area contributed by atoms with Crippen molar-refractivity contribution in [2.75, 3.05) is 37.8 Å². The van der Waals surface area contributed by atoms with Crippen LogP contribution in [0.4, 0.5) is 11.4 Å². The molecule has 0 fully saturated rings. The highest BCUT2D eigenvalue weighted by Crippen LogP contribution is 2.15.